The summed E-state index contributed by atoms with van der Waals surface area (Å²) in [6, 6.07) is 6.28. The van der Waals surface area contributed by atoms with Crippen LogP contribution in [-0.2, 0) is 6.54 Å². The second-order valence-electron chi connectivity index (χ2n) is 5.62. The predicted octanol–water partition coefficient (Wildman–Crippen LogP) is 3.34. The van der Waals surface area contributed by atoms with Crippen LogP contribution in [0.25, 0.3) is 0 Å². The Balaban J connectivity index is 2.58. The van der Waals surface area contributed by atoms with E-state index in [1.807, 2.05) is 18.2 Å². The molecule has 2 N–H and O–H groups in total. The van der Waals surface area contributed by atoms with Gasteiger partial charge in [-0.05, 0) is 19.4 Å². The number of hydrogen-bond donors (Lipinski definition) is 2. The maximum absolute atomic E-state index is 5.45. The molecule has 0 heterocycles. The van der Waals surface area contributed by atoms with E-state index in [2.05, 4.69) is 29.5 Å². The highest BCUT2D eigenvalue weighted by Gasteiger charge is 2.10. The first-order valence-corrected chi connectivity index (χ1v) is 8.33. The second kappa shape index (κ2) is 10.8. The number of benzene rings is 1. The van der Waals surface area contributed by atoms with Crippen molar-refractivity contribution in [2.45, 2.75) is 52.1 Å². The molecule has 5 nitrogen and oxygen atoms in total. The van der Waals surface area contributed by atoms with E-state index in [0.29, 0.717) is 12.6 Å². The molecule has 0 saturated carbocycles. The van der Waals surface area contributed by atoms with Crippen LogP contribution in [0.4, 0.5) is 0 Å². The van der Waals surface area contributed by atoms with E-state index >= 15 is 0 Å². The van der Waals surface area contributed by atoms with Crippen LogP contribution >= 0.6 is 0 Å². The molecule has 0 aromatic heterocycles. The second-order valence-corrected chi connectivity index (χ2v) is 5.62. The Hall–Kier alpha value is -1.91. The molecule has 0 amide bonds. The Labute approximate surface area is 140 Å². The van der Waals surface area contributed by atoms with Crippen molar-refractivity contribution >= 4 is 5.96 Å². The summed E-state index contributed by atoms with van der Waals surface area (Å²) in [5, 5.41) is 6.77. The fourth-order valence-electron chi connectivity index (χ4n) is 2.47. The number of aliphatic imine (C=N–C) groups is 1. The number of para-hydroxylation sites is 1. The first-order valence-electron chi connectivity index (χ1n) is 8.33. The molecule has 1 rings (SSSR count). The van der Waals surface area contributed by atoms with Crippen molar-refractivity contribution in [2.24, 2.45) is 4.99 Å². The van der Waals surface area contributed by atoms with Crippen molar-refractivity contribution in [2.75, 3.05) is 21.3 Å². The van der Waals surface area contributed by atoms with Gasteiger partial charge in [0.1, 0.15) is 0 Å². The number of ether oxygens (including phenoxy) is 2. The molecule has 0 radical (unpaired) electrons. The molecule has 130 valence electrons. The zero-order chi connectivity index (χ0) is 17.1. The van der Waals surface area contributed by atoms with E-state index < -0.39 is 0 Å². The number of rotatable bonds is 9. The fourth-order valence-corrected chi connectivity index (χ4v) is 2.47. The number of unbranched alkanes of at least 4 members (excludes halogenated alkanes) is 2. The van der Waals surface area contributed by atoms with Gasteiger partial charge in [0.2, 0.25) is 0 Å². The molecule has 1 aromatic carbocycles. The van der Waals surface area contributed by atoms with Crippen LogP contribution in [-0.4, -0.2) is 33.3 Å². The molecule has 0 fully saturated rings. The van der Waals surface area contributed by atoms with Crippen LogP contribution in [0, 0.1) is 0 Å². The van der Waals surface area contributed by atoms with Crippen molar-refractivity contribution < 1.29 is 9.47 Å². The molecule has 0 aliphatic heterocycles. The third kappa shape index (κ3) is 6.38. The van der Waals surface area contributed by atoms with Gasteiger partial charge < -0.3 is 20.1 Å². The molecule has 0 saturated heterocycles. The summed E-state index contributed by atoms with van der Waals surface area (Å²) in [6.07, 6.45) is 4.91. The number of guanidine groups is 1. The van der Waals surface area contributed by atoms with Crippen LogP contribution in [0.3, 0.4) is 0 Å². The van der Waals surface area contributed by atoms with E-state index in [9.17, 15) is 0 Å². The summed E-state index contributed by atoms with van der Waals surface area (Å²) in [5.41, 5.74) is 1.04. The maximum atomic E-state index is 5.45. The Morgan fingerprint density at radius 1 is 1.22 bits per heavy atom. The largest absolute Gasteiger partial charge is 0.493 e. The van der Waals surface area contributed by atoms with E-state index in [4.69, 9.17) is 9.47 Å². The van der Waals surface area contributed by atoms with Gasteiger partial charge in [-0.25, -0.2) is 0 Å². The summed E-state index contributed by atoms with van der Waals surface area (Å²) >= 11 is 0. The summed E-state index contributed by atoms with van der Waals surface area (Å²) < 4.78 is 10.8. The van der Waals surface area contributed by atoms with Gasteiger partial charge in [-0.1, -0.05) is 38.3 Å². The van der Waals surface area contributed by atoms with Gasteiger partial charge in [-0.3, -0.25) is 4.99 Å². The molecular formula is C18H31N3O2. The number of nitrogens with one attached hydrogen (secondary N) is 2. The van der Waals surface area contributed by atoms with Gasteiger partial charge in [0.15, 0.2) is 17.5 Å². The number of hydrogen-bond acceptors (Lipinski definition) is 3. The summed E-state index contributed by atoms with van der Waals surface area (Å²) in [6.45, 7) is 5.04. The van der Waals surface area contributed by atoms with Crippen LogP contribution in [0.15, 0.2) is 23.2 Å². The highest BCUT2D eigenvalue weighted by molar-refractivity contribution is 5.80. The SMILES string of the molecule is CCCCCC(C)NC(=NC)NCc1cccc(OC)c1OC. The third-order valence-corrected chi connectivity index (χ3v) is 3.78. The quantitative estimate of drug-likeness (QED) is 0.416. The van der Waals surface area contributed by atoms with Gasteiger partial charge in [0, 0.05) is 25.2 Å². The predicted molar refractivity (Wildman–Crippen MR) is 96.5 cm³/mol. The lowest BCUT2D eigenvalue weighted by Crippen LogP contribution is -2.41. The van der Waals surface area contributed by atoms with E-state index in [1.165, 1.54) is 19.3 Å². The zero-order valence-corrected chi connectivity index (χ0v) is 15.1. The Morgan fingerprint density at radius 3 is 2.61 bits per heavy atom. The molecule has 1 unspecified atom stereocenters. The first kappa shape index (κ1) is 19.1. The average Bonchev–Trinajstić information content (AvgIpc) is 2.58. The topological polar surface area (TPSA) is 54.9 Å². The van der Waals surface area contributed by atoms with Crippen molar-refractivity contribution in [3.63, 3.8) is 0 Å². The standard InChI is InChI=1S/C18H31N3O2/c1-6-7-8-10-14(2)21-18(19-3)20-13-15-11-9-12-16(22-4)17(15)23-5/h9,11-12,14H,6-8,10,13H2,1-5H3,(H2,19,20,21). The Kier molecular flexibility index (Phi) is 8.95. The zero-order valence-electron chi connectivity index (χ0n) is 15.1. The lowest BCUT2D eigenvalue weighted by atomic mass is 10.1. The summed E-state index contributed by atoms with van der Waals surface area (Å²) in [7, 11) is 5.09. The molecule has 23 heavy (non-hydrogen) atoms. The van der Waals surface area contributed by atoms with Crippen LogP contribution < -0.4 is 20.1 Å². The highest BCUT2D eigenvalue weighted by atomic mass is 16.5. The molecule has 0 aliphatic carbocycles. The molecule has 1 aromatic rings. The van der Waals surface area contributed by atoms with Crippen molar-refractivity contribution in [1.29, 1.82) is 0 Å². The molecule has 0 aliphatic rings. The molecule has 0 bridgehead atoms. The summed E-state index contributed by atoms with van der Waals surface area (Å²) in [4.78, 5) is 4.29. The lowest BCUT2D eigenvalue weighted by molar-refractivity contribution is 0.351. The molecule has 1 atom stereocenters. The smallest absolute Gasteiger partial charge is 0.191 e. The van der Waals surface area contributed by atoms with E-state index in [-0.39, 0.29) is 0 Å². The van der Waals surface area contributed by atoms with Crippen LogP contribution in [0.5, 0.6) is 11.5 Å². The molecule has 5 heteroatoms. The normalized spacial score (nSPS) is 12.7. The van der Waals surface area contributed by atoms with Crippen LogP contribution in [0.1, 0.15) is 45.1 Å². The van der Waals surface area contributed by atoms with Crippen LogP contribution in [0.2, 0.25) is 0 Å². The minimum atomic E-state index is 0.403. The van der Waals surface area contributed by atoms with E-state index in [0.717, 1.165) is 29.4 Å². The van der Waals surface area contributed by atoms with Gasteiger partial charge in [0.05, 0.1) is 14.2 Å². The average molecular weight is 321 g/mol. The number of methoxy groups -OCH3 is 2. The van der Waals surface area contributed by atoms with Gasteiger partial charge in [0.25, 0.3) is 0 Å². The highest BCUT2D eigenvalue weighted by Crippen LogP contribution is 2.30. The van der Waals surface area contributed by atoms with E-state index in [1.54, 1.807) is 21.3 Å². The first-order chi connectivity index (χ1) is 11.2. The third-order valence-electron chi connectivity index (χ3n) is 3.78. The maximum Gasteiger partial charge on any atom is 0.191 e. The van der Waals surface area contributed by atoms with Gasteiger partial charge in [-0.15, -0.1) is 0 Å². The fraction of sp³-hybridized carbons (Fsp3) is 0.611. The van der Waals surface area contributed by atoms with Gasteiger partial charge in [-0.2, -0.15) is 0 Å². The number of nitrogens with zero attached hydrogens (tertiary/aromatic N) is 1. The monoisotopic (exact) mass is 321 g/mol. The van der Waals surface area contributed by atoms with Crippen molar-refractivity contribution in [3.8, 4) is 11.5 Å². The Bertz CT molecular complexity index is 489. The summed E-state index contributed by atoms with van der Waals surface area (Å²) in [5.74, 6) is 2.30. The van der Waals surface area contributed by atoms with Crippen molar-refractivity contribution in [3.05, 3.63) is 23.8 Å². The molecule has 0 spiro atoms. The minimum absolute atomic E-state index is 0.403. The van der Waals surface area contributed by atoms with Crippen molar-refractivity contribution in [1.82, 2.24) is 10.6 Å². The lowest BCUT2D eigenvalue weighted by Gasteiger charge is -2.19. The minimum Gasteiger partial charge on any atom is -0.493 e. The van der Waals surface area contributed by atoms with Gasteiger partial charge >= 0.3 is 0 Å². The molecular weight excluding hydrogens is 290 g/mol. The Morgan fingerprint density at radius 2 is 2.00 bits per heavy atom.